The first-order valence-electron chi connectivity index (χ1n) is 17.0. The fraction of sp³-hybridized carbons (Fsp3) is 0.472. The van der Waals surface area contributed by atoms with Crippen LogP contribution in [0.4, 0.5) is 17.2 Å². The number of aliphatic hydroxyl groups is 1. The van der Waals surface area contributed by atoms with Crippen molar-refractivity contribution < 1.29 is 14.6 Å². The first-order valence-corrected chi connectivity index (χ1v) is 17.0. The molecule has 5 aliphatic rings. The van der Waals surface area contributed by atoms with Gasteiger partial charge in [-0.15, -0.1) is 0 Å². The van der Waals surface area contributed by atoms with E-state index in [4.69, 9.17) is 4.74 Å². The Labute approximate surface area is 280 Å². The van der Waals surface area contributed by atoms with Gasteiger partial charge in [0, 0.05) is 64.4 Å². The Morgan fingerprint density at radius 1 is 1.06 bits per heavy atom. The molecule has 48 heavy (non-hydrogen) atoms. The number of aliphatic hydroxyl groups excluding tert-OH is 1. The molecule has 12 heteroatoms. The van der Waals surface area contributed by atoms with Crippen molar-refractivity contribution in [3.05, 3.63) is 93.7 Å². The molecule has 1 amide bonds. The summed E-state index contributed by atoms with van der Waals surface area (Å²) in [6.45, 7) is 10.9. The number of hydrogen-bond acceptors (Lipinski definition) is 9. The van der Waals surface area contributed by atoms with Crippen molar-refractivity contribution in [3.8, 4) is 0 Å². The topological polar surface area (TPSA) is 120 Å². The van der Waals surface area contributed by atoms with E-state index in [-0.39, 0.29) is 23.5 Å². The Kier molecular flexibility index (Phi) is 7.50. The number of anilines is 3. The number of aryl methyl sites for hydroxylation is 1. The quantitative estimate of drug-likeness (QED) is 0.353. The number of nitrogens with one attached hydrogen (secondary N) is 2. The van der Waals surface area contributed by atoms with Crippen LogP contribution >= 0.6 is 0 Å². The predicted molar refractivity (Wildman–Crippen MR) is 183 cm³/mol. The zero-order valence-corrected chi connectivity index (χ0v) is 27.9. The largest absolute Gasteiger partial charge is 0.395 e. The number of fused-ring (bicyclic) bond motifs is 3. The summed E-state index contributed by atoms with van der Waals surface area (Å²) in [6.07, 6.45) is 10.9. The summed E-state index contributed by atoms with van der Waals surface area (Å²) in [6, 6.07) is 8.31. The predicted octanol–water partition coefficient (Wildman–Crippen LogP) is 2.32. The Balaban J connectivity index is 1.04. The summed E-state index contributed by atoms with van der Waals surface area (Å²) in [5.74, 6) is 0.469. The van der Waals surface area contributed by atoms with Gasteiger partial charge in [0.05, 0.1) is 48.9 Å². The van der Waals surface area contributed by atoms with Gasteiger partial charge in [-0.05, 0) is 65.9 Å². The number of piperazine rings is 1. The van der Waals surface area contributed by atoms with Crippen molar-refractivity contribution >= 4 is 23.1 Å². The van der Waals surface area contributed by atoms with E-state index < -0.39 is 5.41 Å². The van der Waals surface area contributed by atoms with Crippen molar-refractivity contribution in [2.24, 2.45) is 12.5 Å². The van der Waals surface area contributed by atoms with E-state index in [1.807, 2.05) is 24.4 Å². The molecule has 3 N–H and O–H groups in total. The molecule has 12 nitrogen and oxygen atoms in total. The molecule has 3 aromatic heterocycles. The van der Waals surface area contributed by atoms with Gasteiger partial charge < -0.3 is 39.4 Å². The van der Waals surface area contributed by atoms with Crippen molar-refractivity contribution in [3.63, 3.8) is 0 Å². The maximum Gasteiger partial charge on any atom is 0.274 e. The lowest BCUT2D eigenvalue weighted by Gasteiger charge is -2.43. The van der Waals surface area contributed by atoms with Crippen LogP contribution in [0.15, 0.2) is 65.6 Å². The normalized spacial score (nSPS) is 23.8. The molecule has 1 aliphatic carbocycles. The molecule has 8 rings (SSSR count). The maximum atomic E-state index is 14.1. The highest BCUT2D eigenvalue weighted by molar-refractivity contribution is 5.95. The minimum Gasteiger partial charge on any atom is -0.395 e. The molecule has 7 heterocycles. The number of carbonyl (C=O) groups is 1. The van der Waals surface area contributed by atoms with E-state index >= 15 is 0 Å². The number of hydrogen-bond donors (Lipinski definition) is 3. The minimum absolute atomic E-state index is 0.0828. The standard InChI is InChI=1S/C36H44N8O4/c1-35(2)16-24-14-29-34(47)44(13-12-43(29)30(24)17-35)31-19-37-7-6-36(31,23-45)25-15-28(33(46)40(3)20-25)39-32-5-4-26(18-38-32)41-8-10-42(11-9-41)27-21-48-22-27/h4-7,14-15,18-20,27,37,45H,8-13,16-17,21-23H2,1-3H3,(H,38,39). The van der Waals surface area contributed by atoms with Crippen LogP contribution < -0.4 is 21.1 Å². The molecule has 0 aromatic carbocycles. The van der Waals surface area contributed by atoms with E-state index in [1.54, 1.807) is 36.6 Å². The second-order valence-corrected chi connectivity index (χ2v) is 14.6. The summed E-state index contributed by atoms with van der Waals surface area (Å²) >= 11 is 0. The van der Waals surface area contributed by atoms with E-state index in [0.717, 1.165) is 57.9 Å². The lowest BCUT2D eigenvalue weighted by atomic mass is 9.77. The van der Waals surface area contributed by atoms with Gasteiger partial charge >= 0.3 is 0 Å². The SMILES string of the molecule is Cn1cc(C2(CO)C=CNC=C2N2CCn3c(cc4c3CC(C)(C)C4)C2=O)cc(Nc2ccc(N3CCN(C4COC4)CC3)cn2)c1=O. The van der Waals surface area contributed by atoms with Crippen molar-refractivity contribution in [2.75, 3.05) is 62.8 Å². The molecular weight excluding hydrogens is 608 g/mol. The second-order valence-electron chi connectivity index (χ2n) is 14.6. The number of amides is 1. The van der Waals surface area contributed by atoms with Crippen LogP contribution in [0, 0.1) is 5.41 Å². The Morgan fingerprint density at radius 2 is 1.88 bits per heavy atom. The van der Waals surface area contributed by atoms with E-state index in [9.17, 15) is 14.7 Å². The second kappa shape index (κ2) is 11.6. The van der Waals surface area contributed by atoms with Gasteiger partial charge in [-0.1, -0.05) is 13.8 Å². The van der Waals surface area contributed by atoms with Gasteiger partial charge in [0.2, 0.25) is 0 Å². The summed E-state index contributed by atoms with van der Waals surface area (Å²) in [5, 5.41) is 17.5. The van der Waals surface area contributed by atoms with Crippen molar-refractivity contribution in [1.29, 1.82) is 0 Å². The molecule has 0 radical (unpaired) electrons. The number of aromatic nitrogens is 3. The molecule has 3 aromatic rings. The summed E-state index contributed by atoms with van der Waals surface area (Å²) in [7, 11) is 1.70. The highest BCUT2D eigenvalue weighted by atomic mass is 16.5. The molecule has 252 valence electrons. The van der Waals surface area contributed by atoms with Crippen LogP contribution in [0.2, 0.25) is 0 Å². The fourth-order valence-electron chi connectivity index (χ4n) is 8.07. The maximum absolute atomic E-state index is 14.1. The third kappa shape index (κ3) is 5.13. The lowest BCUT2D eigenvalue weighted by molar-refractivity contribution is -0.0660. The van der Waals surface area contributed by atoms with Gasteiger partial charge in [0.25, 0.3) is 11.5 Å². The Morgan fingerprint density at radius 3 is 2.58 bits per heavy atom. The van der Waals surface area contributed by atoms with E-state index in [1.165, 1.54) is 15.8 Å². The zero-order valence-electron chi connectivity index (χ0n) is 27.9. The number of dihydropyridines is 1. The average molecular weight is 653 g/mol. The minimum atomic E-state index is -1.06. The summed E-state index contributed by atoms with van der Waals surface area (Å²) in [5.41, 5.74) is 4.84. The Hall–Kier alpha value is -4.39. The third-order valence-corrected chi connectivity index (χ3v) is 10.8. The number of nitrogens with zero attached hydrogens (tertiary/aromatic N) is 6. The van der Waals surface area contributed by atoms with Crippen LogP contribution in [-0.2, 0) is 36.6 Å². The summed E-state index contributed by atoms with van der Waals surface area (Å²) < 4.78 is 9.06. The smallest absolute Gasteiger partial charge is 0.274 e. The highest BCUT2D eigenvalue weighted by Gasteiger charge is 2.44. The molecule has 4 aliphatic heterocycles. The Bertz CT molecular complexity index is 1860. The van der Waals surface area contributed by atoms with Gasteiger partial charge in [-0.3, -0.25) is 14.5 Å². The highest BCUT2D eigenvalue weighted by Crippen LogP contribution is 2.42. The van der Waals surface area contributed by atoms with E-state index in [2.05, 4.69) is 49.9 Å². The number of ether oxygens (including phenoxy) is 1. The van der Waals surface area contributed by atoms with Crippen LogP contribution in [0.3, 0.4) is 0 Å². The van der Waals surface area contributed by atoms with Crippen molar-refractivity contribution in [2.45, 2.75) is 44.7 Å². The first-order chi connectivity index (χ1) is 23.2. The average Bonchev–Trinajstić information content (AvgIpc) is 3.55. The van der Waals surface area contributed by atoms with Gasteiger partial charge in [-0.2, -0.15) is 0 Å². The first kappa shape index (κ1) is 30.9. The molecule has 0 bridgehead atoms. The molecular formula is C36H44N8O4. The van der Waals surface area contributed by atoms with Crippen LogP contribution in [-0.4, -0.2) is 93.5 Å². The molecule has 0 spiro atoms. The molecule has 1 atom stereocenters. The third-order valence-electron chi connectivity index (χ3n) is 10.8. The van der Waals surface area contributed by atoms with Gasteiger partial charge in [0.1, 0.15) is 17.2 Å². The fourth-order valence-corrected chi connectivity index (χ4v) is 8.07. The van der Waals surface area contributed by atoms with Crippen LogP contribution in [0.25, 0.3) is 0 Å². The van der Waals surface area contributed by atoms with Crippen LogP contribution in [0.5, 0.6) is 0 Å². The van der Waals surface area contributed by atoms with Gasteiger partial charge in [0.15, 0.2) is 0 Å². The number of rotatable bonds is 7. The zero-order chi connectivity index (χ0) is 33.2. The van der Waals surface area contributed by atoms with E-state index in [0.29, 0.717) is 47.6 Å². The monoisotopic (exact) mass is 652 g/mol. The summed E-state index contributed by atoms with van der Waals surface area (Å²) in [4.78, 5) is 38.8. The lowest BCUT2D eigenvalue weighted by Crippen LogP contribution is -2.56. The van der Waals surface area contributed by atoms with Crippen molar-refractivity contribution in [1.82, 2.24) is 29.2 Å². The van der Waals surface area contributed by atoms with Gasteiger partial charge in [-0.25, -0.2) is 4.98 Å². The number of carbonyl (C=O) groups excluding carboxylic acids is 1. The molecule has 0 saturated carbocycles. The van der Waals surface area contributed by atoms with Crippen LogP contribution in [0.1, 0.15) is 41.2 Å². The molecule has 2 saturated heterocycles. The number of pyridine rings is 2. The molecule has 2 fully saturated rings. The molecule has 1 unspecified atom stereocenters.